The summed E-state index contributed by atoms with van der Waals surface area (Å²) in [6, 6.07) is 11.5. The van der Waals surface area contributed by atoms with E-state index < -0.39 is 5.91 Å². The summed E-state index contributed by atoms with van der Waals surface area (Å²) in [5.74, 6) is 0.303. The molecular weight excluding hydrogens is 467 g/mol. The fourth-order valence-corrected chi connectivity index (χ4v) is 4.97. The summed E-state index contributed by atoms with van der Waals surface area (Å²) in [6.07, 6.45) is 3.40. The smallest absolute Gasteiger partial charge is 0.261 e. The number of primary amides is 1. The highest BCUT2D eigenvalue weighted by molar-refractivity contribution is 9.10. The molecule has 0 spiro atoms. The molecule has 2 bridgehead atoms. The van der Waals surface area contributed by atoms with Crippen LogP contribution in [0.3, 0.4) is 0 Å². The van der Waals surface area contributed by atoms with Gasteiger partial charge in [0.25, 0.3) is 5.91 Å². The number of carbonyl (C=O) groups is 2. The van der Waals surface area contributed by atoms with Crippen LogP contribution < -0.4 is 15.2 Å². The second-order valence-electron chi connectivity index (χ2n) is 8.03. The molecule has 8 heteroatoms. The Balaban J connectivity index is 1.36. The molecule has 0 aromatic heterocycles. The number of nitrogens with zero attached hydrogens (tertiary/aromatic N) is 1. The van der Waals surface area contributed by atoms with Gasteiger partial charge in [-0.1, -0.05) is 15.9 Å². The Morgan fingerprint density at radius 3 is 2.42 bits per heavy atom. The fraction of sp³-hybridized carbons (Fsp3) is 0.391. The SMILES string of the molecule is NC(=O)Cc1cc(Br)ccc1OCC(=O)N1C2CCC1CC(Oc1ccc(F)cc1)C2. The first-order valence-corrected chi connectivity index (χ1v) is 11.1. The zero-order valence-electron chi connectivity index (χ0n) is 16.9. The van der Waals surface area contributed by atoms with Gasteiger partial charge in [0.05, 0.1) is 6.42 Å². The number of halogens is 2. The van der Waals surface area contributed by atoms with Crippen LogP contribution in [0.25, 0.3) is 0 Å². The maximum Gasteiger partial charge on any atom is 0.261 e. The highest BCUT2D eigenvalue weighted by Crippen LogP contribution is 2.37. The summed E-state index contributed by atoms with van der Waals surface area (Å²) in [4.78, 5) is 26.2. The summed E-state index contributed by atoms with van der Waals surface area (Å²) >= 11 is 3.37. The molecule has 2 aromatic carbocycles. The first-order valence-electron chi connectivity index (χ1n) is 10.3. The molecule has 6 nitrogen and oxygen atoms in total. The Labute approximate surface area is 188 Å². The molecule has 2 amide bonds. The van der Waals surface area contributed by atoms with E-state index in [4.69, 9.17) is 15.2 Å². The summed E-state index contributed by atoms with van der Waals surface area (Å²) < 4.78 is 25.7. The third kappa shape index (κ3) is 5.18. The van der Waals surface area contributed by atoms with E-state index in [-0.39, 0.29) is 42.9 Å². The number of fused-ring (bicyclic) bond motifs is 2. The van der Waals surface area contributed by atoms with Crippen LogP contribution in [0.2, 0.25) is 0 Å². The fourth-order valence-electron chi connectivity index (χ4n) is 4.56. The van der Waals surface area contributed by atoms with E-state index >= 15 is 0 Å². The average molecular weight is 491 g/mol. The van der Waals surface area contributed by atoms with Gasteiger partial charge in [0.2, 0.25) is 5.91 Å². The number of ether oxygens (including phenoxy) is 2. The van der Waals surface area contributed by atoms with Gasteiger partial charge in [0.1, 0.15) is 23.4 Å². The highest BCUT2D eigenvalue weighted by atomic mass is 79.9. The van der Waals surface area contributed by atoms with Crippen molar-refractivity contribution in [1.82, 2.24) is 4.90 Å². The Morgan fingerprint density at radius 1 is 1.10 bits per heavy atom. The molecule has 2 unspecified atom stereocenters. The van der Waals surface area contributed by atoms with E-state index in [1.807, 2.05) is 4.90 Å². The van der Waals surface area contributed by atoms with Crippen LogP contribution in [0.4, 0.5) is 4.39 Å². The minimum atomic E-state index is -0.462. The van der Waals surface area contributed by atoms with Crippen molar-refractivity contribution in [3.63, 3.8) is 0 Å². The van der Waals surface area contributed by atoms with E-state index in [0.717, 1.165) is 30.2 Å². The van der Waals surface area contributed by atoms with Crippen LogP contribution in [-0.4, -0.2) is 41.5 Å². The van der Waals surface area contributed by atoms with Gasteiger partial charge in [-0.2, -0.15) is 0 Å². The molecular formula is C23H24BrFN2O4. The van der Waals surface area contributed by atoms with Gasteiger partial charge in [-0.05, 0) is 55.3 Å². The largest absolute Gasteiger partial charge is 0.490 e. The molecule has 0 radical (unpaired) electrons. The number of benzene rings is 2. The minimum absolute atomic E-state index is 0.00146. The summed E-state index contributed by atoms with van der Waals surface area (Å²) in [6.45, 7) is -0.0934. The number of rotatable bonds is 7. The molecule has 2 aliphatic heterocycles. The van der Waals surface area contributed by atoms with Crippen LogP contribution in [0, 0.1) is 5.82 Å². The Morgan fingerprint density at radius 2 is 1.77 bits per heavy atom. The molecule has 31 heavy (non-hydrogen) atoms. The van der Waals surface area contributed by atoms with Crippen molar-refractivity contribution in [2.75, 3.05) is 6.61 Å². The third-order valence-electron chi connectivity index (χ3n) is 5.83. The van der Waals surface area contributed by atoms with Gasteiger partial charge in [-0.3, -0.25) is 9.59 Å². The summed E-state index contributed by atoms with van der Waals surface area (Å²) in [7, 11) is 0. The van der Waals surface area contributed by atoms with Crippen LogP contribution in [0.5, 0.6) is 11.5 Å². The van der Waals surface area contributed by atoms with E-state index in [0.29, 0.717) is 17.1 Å². The van der Waals surface area contributed by atoms with Crippen molar-refractivity contribution < 1.29 is 23.5 Å². The average Bonchev–Trinajstić information content (AvgIpc) is 2.99. The van der Waals surface area contributed by atoms with E-state index in [2.05, 4.69) is 15.9 Å². The van der Waals surface area contributed by atoms with Crippen molar-refractivity contribution in [3.05, 3.63) is 58.3 Å². The lowest BCUT2D eigenvalue weighted by atomic mass is 9.99. The summed E-state index contributed by atoms with van der Waals surface area (Å²) in [5, 5.41) is 0. The number of piperidine rings is 1. The monoisotopic (exact) mass is 490 g/mol. The van der Waals surface area contributed by atoms with Gasteiger partial charge in [-0.15, -0.1) is 0 Å². The lowest BCUT2D eigenvalue weighted by molar-refractivity contribution is -0.139. The maximum absolute atomic E-state index is 13.1. The lowest BCUT2D eigenvalue weighted by Gasteiger charge is -2.38. The van der Waals surface area contributed by atoms with Crippen molar-refractivity contribution in [1.29, 1.82) is 0 Å². The van der Waals surface area contributed by atoms with Crippen LogP contribution in [-0.2, 0) is 16.0 Å². The van der Waals surface area contributed by atoms with Crippen LogP contribution in [0.1, 0.15) is 31.2 Å². The topological polar surface area (TPSA) is 81.9 Å². The van der Waals surface area contributed by atoms with Crippen LogP contribution in [0.15, 0.2) is 46.9 Å². The van der Waals surface area contributed by atoms with Gasteiger partial charge in [0.15, 0.2) is 6.61 Å². The minimum Gasteiger partial charge on any atom is -0.490 e. The number of amides is 2. The second kappa shape index (κ2) is 9.26. The van der Waals surface area contributed by atoms with Crippen LogP contribution >= 0.6 is 15.9 Å². The first-order chi connectivity index (χ1) is 14.9. The van der Waals surface area contributed by atoms with Crippen molar-refractivity contribution in [3.8, 4) is 11.5 Å². The number of hydrogen-bond acceptors (Lipinski definition) is 4. The molecule has 2 fully saturated rings. The third-order valence-corrected chi connectivity index (χ3v) is 6.33. The Kier molecular flexibility index (Phi) is 6.46. The normalized spacial score (nSPS) is 22.3. The van der Waals surface area contributed by atoms with E-state index in [9.17, 15) is 14.0 Å². The lowest BCUT2D eigenvalue weighted by Crippen LogP contribution is -2.50. The zero-order chi connectivity index (χ0) is 22.0. The molecule has 2 N–H and O–H groups in total. The molecule has 164 valence electrons. The maximum atomic E-state index is 13.1. The predicted octanol–water partition coefficient (Wildman–Crippen LogP) is 3.60. The van der Waals surface area contributed by atoms with E-state index in [1.165, 1.54) is 12.1 Å². The molecule has 2 saturated heterocycles. The standard InChI is InChI=1S/C23H24BrFN2O4/c24-15-1-8-21(14(9-15)10-22(26)28)30-13-23(29)27-17-4-5-18(27)12-20(11-17)31-19-6-2-16(25)3-7-19/h1-3,6-9,17-18,20H,4-5,10-13H2,(H2,26,28). The second-order valence-corrected chi connectivity index (χ2v) is 8.95. The number of hydrogen-bond donors (Lipinski definition) is 1. The van der Waals surface area contributed by atoms with E-state index in [1.54, 1.807) is 30.3 Å². The molecule has 2 heterocycles. The number of carbonyl (C=O) groups excluding carboxylic acids is 2. The van der Waals surface area contributed by atoms with Crippen molar-refractivity contribution in [2.45, 2.75) is 50.3 Å². The predicted molar refractivity (Wildman–Crippen MR) is 116 cm³/mol. The van der Waals surface area contributed by atoms with Gasteiger partial charge in [-0.25, -0.2) is 4.39 Å². The molecule has 0 saturated carbocycles. The molecule has 2 atom stereocenters. The quantitative estimate of drug-likeness (QED) is 0.642. The van der Waals surface area contributed by atoms with Gasteiger partial charge in [0, 0.05) is 35.0 Å². The van der Waals surface area contributed by atoms with Crippen molar-refractivity contribution in [2.24, 2.45) is 5.73 Å². The van der Waals surface area contributed by atoms with Crippen molar-refractivity contribution >= 4 is 27.7 Å². The van der Waals surface area contributed by atoms with Gasteiger partial charge >= 0.3 is 0 Å². The highest BCUT2D eigenvalue weighted by Gasteiger charge is 2.44. The summed E-state index contributed by atoms with van der Waals surface area (Å²) in [5.41, 5.74) is 5.96. The molecule has 0 aliphatic carbocycles. The molecule has 4 rings (SSSR count). The number of nitrogens with two attached hydrogens (primary N) is 1. The first kappa shape index (κ1) is 21.6. The Hall–Kier alpha value is -2.61. The zero-order valence-corrected chi connectivity index (χ0v) is 18.5. The van der Waals surface area contributed by atoms with Gasteiger partial charge < -0.3 is 20.1 Å². The molecule has 2 aliphatic rings. The molecule has 2 aromatic rings. The Bertz CT molecular complexity index is 955.